The predicted molar refractivity (Wildman–Crippen MR) is 102 cm³/mol. The van der Waals surface area contributed by atoms with Gasteiger partial charge in [-0.2, -0.15) is 0 Å². The van der Waals surface area contributed by atoms with Crippen molar-refractivity contribution in [1.82, 2.24) is 4.90 Å². The van der Waals surface area contributed by atoms with Gasteiger partial charge in [-0.1, -0.05) is 24.8 Å². The first-order valence-electron chi connectivity index (χ1n) is 9.55. The number of carbonyl (C=O) groups excluding carboxylic acids is 3. The zero-order chi connectivity index (χ0) is 19.4. The largest absolute Gasteiger partial charge is 0.466 e. The van der Waals surface area contributed by atoms with Crippen LogP contribution >= 0.6 is 0 Å². The third-order valence-electron chi connectivity index (χ3n) is 5.41. The summed E-state index contributed by atoms with van der Waals surface area (Å²) in [5.41, 5.74) is 1.66. The number of piperidine rings is 1. The van der Waals surface area contributed by atoms with Crippen LogP contribution in [0.15, 0.2) is 36.9 Å². The second kappa shape index (κ2) is 8.37. The van der Waals surface area contributed by atoms with Crippen molar-refractivity contribution in [3.63, 3.8) is 0 Å². The van der Waals surface area contributed by atoms with Crippen LogP contribution in [0, 0.1) is 5.92 Å². The Hall–Kier alpha value is -2.63. The van der Waals surface area contributed by atoms with Crippen LogP contribution in [-0.4, -0.2) is 48.9 Å². The number of para-hydroxylation sites is 1. The molecule has 2 heterocycles. The minimum Gasteiger partial charge on any atom is -0.466 e. The molecular formula is C21H26N2O4. The standard InChI is InChI=1S/C21H26N2O4/c1-3-19(24)22-12-9-15(10-13-22)20(25)23-14-11-17(21(26)27-4-2)16-7-5-6-8-18(16)23/h3,5-8,15,17H,1,4,9-14H2,2H3. The van der Waals surface area contributed by atoms with E-state index < -0.39 is 0 Å². The summed E-state index contributed by atoms with van der Waals surface area (Å²) in [5, 5.41) is 0. The highest BCUT2D eigenvalue weighted by Gasteiger charge is 2.36. The Bertz CT molecular complexity index is 737. The van der Waals surface area contributed by atoms with Gasteiger partial charge in [-0.15, -0.1) is 0 Å². The number of likely N-dealkylation sites (tertiary alicyclic amines) is 1. The molecule has 0 bridgehead atoms. The van der Waals surface area contributed by atoms with E-state index in [-0.39, 0.29) is 29.6 Å². The number of fused-ring (bicyclic) bond motifs is 1. The third kappa shape index (κ3) is 3.89. The molecular weight excluding hydrogens is 344 g/mol. The van der Waals surface area contributed by atoms with Crippen LogP contribution in [0.2, 0.25) is 0 Å². The Morgan fingerprint density at radius 2 is 1.85 bits per heavy atom. The molecule has 6 nitrogen and oxygen atoms in total. The van der Waals surface area contributed by atoms with Crippen LogP contribution in [-0.2, 0) is 19.1 Å². The molecule has 1 unspecified atom stereocenters. The molecule has 0 N–H and O–H groups in total. The molecule has 1 saturated heterocycles. The van der Waals surface area contributed by atoms with Gasteiger partial charge in [-0.25, -0.2) is 0 Å². The van der Waals surface area contributed by atoms with Crippen LogP contribution in [0.1, 0.15) is 37.7 Å². The Balaban J connectivity index is 1.74. The number of nitrogens with zero attached hydrogens (tertiary/aromatic N) is 2. The zero-order valence-electron chi connectivity index (χ0n) is 15.7. The lowest BCUT2D eigenvalue weighted by Crippen LogP contribution is -2.46. The molecule has 144 valence electrons. The molecule has 1 aromatic carbocycles. The smallest absolute Gasteiger partial charge is 0.313 e. The monoisotopic (exact) mass is 370 g/mol. The van der Waals surface area contributed by atoms with Gasteiger partial charge in [0, 0.05) is 31.2 Å². The van der Waals surface area contributed by atoms with Gasteiger partial charge in [0.15, 0.2) is 0 Å². The zero-order valence-corrected chi connectivity index (χ0v) is 15.7. The first-order valence-corrected chi connectivity index (χ1v) is 9.55. The summed E-state index contributed by atoms with van der Waals surface area (Å²) in [6.07, 6.45) is 3.19. The van der Waals surface area contributed by atoms with Crippen LogP contribution < -0.4 is 4.90 Å². The van der Waals surface area contributed by atoms with Crippen molar-refractivity contribution >= 4 is 23.5 Å². The molecule has 2 aliphatic rings. The summed E-state index contributed by atoms with van der Waals surface area (Å²) in [4.78, 5) is 40.7. The summed E-state index contributed by atoms with van der Waals surface area (Å²) in [5.74, 6) is -0.659. The fourth-order valence-corrected chi connectivity index (χ4v) is 3.98. The van der Waals surface area contributed by atoms with E-state index in [1.165, 1.54) is 6.08 Å². The molecule has 3 rings (SSSR count). The molecule has 1 fully saturated rings. The lowest BCUT2D eigenvalue weighted by Gasteiger charge is -2.37. The van der Waals surface area contributed by atoms with Gasteiger partial charge >= 0.3 is 5.97 Å². The molecule has 6 heteroatoms. The number of rotatable bonds is 4. The average molecular weight is 370 g/mol. The van der Waals surface area contributed by atoms with E-state index in [1.807, 2.05) is 24.3 Å². The van der Waals surface area contributed by atoms with Crippen molar-refractivity contribution in [3.8, 4) is 0 Å². The van der Waals surface area contributed by atoms with Gasteiger partial charge in [0.2, 0.25) is 11.8 Å². The number of carbonyl (C=O) groups is 3. The Labute approximate surface area is 159 Å². The molecule has 0 radical (unpaired) electrons. The quantitative estimate of drug-likeness (QED) is 0.603. The Morgan fingerprint density at radius 1 is 1.15 bits per heavy atom. The molecule has 1 aromatic rings. The first kappa shape index (κ1) is 19.1. The van der Waals surface area contributed by atoms with Gasteiger partial charge < -0.3 is 14.5 Å². The van der Waals surface area contributed by atoms with Crippen LogP contribution in [0.25, 0.3) is 0 Å². The molecule has 0 spiro atoms. The summed E-state index contributed by atoms with van der Waals surface area (Å²) in [7, 11) is 0. The number of benzene rings is 1. The van der Waals surface area contributed by atoms with E-state index in [0.29, 0.717) is 45.5 Å². The molecule has 1 atom stereocenters. The van der Waals surface area contributed by atoms with E-state index in [0.717, 1.165) is 11.3 Å². The van der Waals surface area contributed by atoms with Crippen LogP contribution in [0.3, 0.4) is 0 Å². The van der Waals surface area contributed by atoms with Crippen molar-refractivity contribution in [2.75, 3.05) is 31.1 Å². The maximum absolute atomic E-state index is 13.2. The molecule has 2 amide bonds. The average Bonchev–Trinajstić information content (AvgIpc) is 2.72. The first-order chi connectivity index (χ1) is 13.1. The van der Waals surface area contributed by atoms with Gasteiger partial charge in [-0.05, 0) is 43.9 Å². The second-order valence-corrected chi connectivity index (χ2v) is 6.95. The fraction of sp³-hybridized carbons (Fsp3) is 0.476. The number of ether oxygens (including phenoxy) is 1. The molecule has 27 heavy (non-hydrogen) atoms. The summed E-state index contributed by atoms with van der Waals surface area (Å²) in [6.45, 7) is 7.31. The fourth-order valence-electron chi connectivity index (χ4n) is 3.98. The van der Waals surface area contributed by atoms with E-state index in [9.17, 15) is 14.4 Å². The van der Waals surface area contributed by atoms with Crippen molar-refractivity contribution in [2.24, 2.45) is 5.92 Å². The summed E-state index contributed by atoms with van der Waals surface area (Å²) in [6, 6.07) is 7.58. The third-order valence-corrected chi connectivity index (χ3v) is 5.41. The topological polar surface area (TPSA) is 66.9 Å². The predicted octanol–water partition coefficient (Wildman–Crippen LogP) is 2.49. The number of esters is 1. The lowest BCUT2D eigenvalue weighted by atomic mass is 9.88. The van der Waals surface area contributed by atoms with Crippen molar-refractivity contribution in [2.45, 2.75) is 32.1 Å². The van der Waals surface area contributed by atoms with E-state index in [2.05, 4.69) is 6.58 Å². The van der Waals surface area contributed by atoms with Gasteiger partial charge in [0.1, 0.15) is 0 Å². The van der Waals surface area contributed by atoms with Crippen molar-refractivity contribution in [1.29, 1.82) is 0 Å². The van der Waals surface area contributed by atoms with E-state index >= 15 is 0 Å². The van der Waals surface area contributed by atoms with Gasteiger partial charge in [0.05, 0.1) is 12.5 Å². The van der Waals surface area contributed by atoms with Gasteiger partial charge in [0.25, 0.3) is 0 Å². The van der Waals surface area contributed by atoms with Crippen LogP contribution in [0.4, 0.5) is 5.69 Å². The highest BCUT2D eigenvalue weighted by atomic mass is 16.5. The van der Waals surface area contributed by atoms with Gasteiger partial charge in [-0.3, -0.25) is 14.4 Å². The summed E-state index contributed by atoms with van der Waals surface area (Å²) >= 11 is 0. The summed E-state index contributed by atoms with van der Waals surface area (Å²) < 4.78 is 5.21. The maximum atomic E-state index is 13.2. The SMILES string of the molecule is C=CC(=O)N1CCC(C(=O)N2CCC(C(=O)OCC)c3ccccc32)CC1. The number of amides is 2. The molecule has 0 saturated carbocycles. The van der Waals surface area contributed by atoms with Crippen molar-refractivity contribution in [3.05, 3.63) is 42.5 Å². The Kier molecular flexibility index (Phi) is 5.94. The molecule has 0 aromatic heterocycles. The number of hydrogen-bond donors (Lipinski definition) is 0. The lowest BCUT2D eigenvalue weighted by molar-refractivity contribution is -0.145. The second-order valence-electron chi connectivity index (χ2n) is 6.95. The van der Waals surface area contributed by atoms with E-state index in [1.54, 1.807) is 16.7 Å². The maximum Gasteiger partial charge on any atom is 0.313 e. The molecule has 0 aliphatic carbocycles. The molecule has 2 aliphatic heterocycles. The highest BCUT2D eigenvalue weighted by Crippen LogP contribution is 2.37. The minimum absolute atomic E-state index is 0.0791. The van der Waals surface area contributed by atoms with Crippen molar-refractivity contribution < 1.29 is 19.1 Å². The normalized spacial score (nSPS) is 20.0. The number of hydrogen-bond acceptors (Lipinski definition) is 4. The number of anilines is 1. The van der Waals surface area contributed by atoms with E-state index in [4.69, 9.17) is 4.74 Å². The highest BCUT2D eigenvalue weighted by molar-refractivity contribution is 5.98. The minimum atomic E-state index is -0.322. The Morgan fingerprint density at radius 3 is 2.52 bits per heavy atom. The van der Waals surface area contributed by atoms with Crippen LogP contribution in [0.5, 0.6) is 0 Å².